The molecule has 0 amide bonds. The van der Waals surface area contributed by atoms with Crippen LogP contribution in [0.25, 0.3) is 0 Å². The van der Waals surface area contributed by atoms with Crippen LogP contribution in [0.4, 0.5) is 0 Å². The van der Waals surface area contributed by atoms with Gasteiger partial charge in [-0.25, -0.2) is 0 Å². The Morgan fingerprint density at radius 1 is 1.18 bits per heavy atom. The molecule has 0 atom stereocenters. The highest BCUT2D eigenvalue weighted by molar-refractivity contribution is 6.51. The monoisotopic (exact) mass is 396 g/mol. The van der Waals surface area contributed by atoms with E-state index in [2.05, 4.69) is 31.2 Å². The van der Waals surface area contributed by atoms with E-state index in [1.54, 1.807) is 6.92 Å². The Morgan fingerprint density at radius 3 is 2.46 bits per heavy atom. The van der Waals surface area contributed by atoms with Crippen LogP contribution in [0, 0.1) is 6.92 Å². The van der Waals surface area contributed by atoms with Gasteiger partial charge in [-0.3, -0.25) is 9.69 Å². The molecule has 0 bridgehead atoms. The number of ketones is 1. The molecule has 3 nitrogen and oxygen atoms in total. The van der Waals surface area contributed by atoms with E-state index in [9.17, 15) is 4.79 Å². The minimum absolute atomic E-state index is 0.238. The summed E-state index contributed by atoms with van der Waals surface area (Å²) in [5.74, 6) is 1.14. The van der Waals surface area contributed by atoms with Crippen molar-refractivity contribution in [3.63, 3.8) is 0 Å². The number of benzene rings is 2. The van der Waals surface area contributed by atoms with Crippen molar-refractivity contribution in [1.29, 1.82) is 0 Å². The van der Waals surface area contributed by atoms with Crippen LogP contribution < -0.4 is 10.2 Å². The molecule has 1 heterocycles. The second-order valence-corrected chi connectivity index (χ2v) is 8.08. The number of nitrogens with zero attached hydrogens (tertiary/aromatic N) is 1. The van der Waals surface area contributed by atoms with Crippen LogP contribution >= 0.6 is 11.6 Å². The molecule has 2 aromatic rings. The molecule has 28 heavy (non-hydrogen) atoms. The minimum atomic E-state index is -0.418. The van der Waals surface area contributed by atoms with Gasteiger partial charge < -0.3 is 4.74 Å². The molecule has 5 heteroatoms. The standard InChI is InChI=1S/C23H28BClNO2/c1-17-4-7-20(25)16-22(17)23(18(2)27)10-12-26(13-11-23)14-15-28-21-8-5-19(24-3)6-9-21/h4-9,16H,10-15H2,1-3H3. The van der Waals surface area contributed by atoms with E-state index < -0.39 is 5.41 Å². The van der Waals surface area contributed by atoms with Gasteiger partial charge in [0, 0.05) is 11.6 Å². The highest BCUT2D eigenvalue weighted by atomic mass is 35.5. The maximum absolute atomic E-state index is 12.7. The summed E-state index contributed by atoms with van der Waals surface area (Å²) in [5.41, 5.74) is 3.01. The number of hydrogen-bond acceptors (Lipinski definition) is 3. The highest BCUT2D eigenvalue weighted by Crippen LogP contribution is 2.39. The van der Waals surface area contributed by atoms with Crippen LogP contribution in [0.3, 0.4) is 0 Å². The van der Waals surface area contributed by atoms with E-state index in [0.29, 0.717) is 11.6 Å². The maximum Gasteiger partial charge on any atom is 0.148 e. The number of halogens is 1. The van der Waals surface area contributed by atoms with Gasteiger partial charge in [-0.15, -0.1) is 0 Å². The summed E-state index contributed by atoms with van der Waals surface area (Å²) in [7, 11) is 2.07. The molecule has 147 valence electrons. The highest BCUT2D eigenvalue weighted by Gasteiger charge is 2.41. The predicted octanol–water partition coefficient (Wildman–Crippen LogP) is 4.03. The number of carbonyl (C=O) groups is 1. The first kappa shape index (κ1) is 20.9. The van der Waals surface area contributed by atoms with E-state index in [1.807, 2.05) is 37.2 Å². The van der Waals surface area contributed by atoms with Gasteiger partial charge in [0.15, 0.2) is 0 Å². The zero-order valence-electron chi connectivity index (χ0n) is 17.0. The van der Waals surface area contributed by atoms with E-state index in [-0.39, 0.29) is 5.78 Å². The van der Waals surface area contributed by atoms with Crippen molar-refractivity contribution in [3.8, 4) is 5.75 Å². The second kappa shape index (κ2) is 9.15. The van der Waals surface area contributed by atoms with Crippen molar-refractivity contribution in [2.45, 2.75) is 38.9 Å². The van der Waals surface area contributed by atoms with E-state index >= 15 is 0 Å². The first-order chi connectivity index (χ1) is 13.4. The number of rotatable bonds is 7. The molecule has 0 spiro atoms. The fourth-order valence-corrected chi connectivity index (χ4v) is 4.30. The van der Waals surface area contributed by atoms with Crippen LogP contribution in [0.1, 0.15) is 30.9 Å². The topological polar surface area (TPSA) is 29.5 Å². The lowest BCUT2D eigenvalue weighted by Gasteiger charge is -2.41. The third-order valence-electron chi connectivity index (χ3n) is 5.99. The van der Waals surface area contributed by atoms with Crippen molar-refractivity contribution in [2.24, 2.45) is 0 Å². The second-order valence-electron chi connectivity index (χ2n) is 7.65. The van der Waals surface area contributed by atoms with Crippen LogP contribution in [0.2, 0.25) is 11.8 Å². The lowest BCUT2D eigenvalue weighted by atomic mass is 9.69. The lowest BCUT2D eigenvalue weighted by molar-refractivity contribution is -0.124. The smallest absolute Gasteiger partial charge is 0.148 e. The third-order valence-corrected chi connectivity index (χ3v) is 6.22. The number of ether oxygens (including phenoxy) is 1. The lowest BCUT2D eigenvalue weighted by Crippen LogP contribution is -2.47. The van der Waals surface area contributed by atoms with Gasteiger partial charge in [0.25, 0.3) is 0 Å². The third kappa shape index (κ3) is 4.61. The van der Waals surface area contributed by atoms with Gasteiger partial charge in [-0.1, -0.05) is 42.1 Å². The predicted molar refractivity (Wildman–Crippen MR) is 117 cm³/mol. The summed E-state index contributed by atoms with van der Waals surface area (Å²) in [6, 6.07) is 14.0. The molecular formula is C23H28BClNO2. The maximum atomic E-state index is 12.7. The molecule has 0 aliphatic carbocycles. The SMILES string of the molecule is C[B]c1ccc(OCCN2CCC(C(C)=O)(c3cc(Cl)ccc3C)CC2)cc1. The van der Waals surface area contributed by atoms with Crippen LogP contribution in [0.5, 0.6) is 5.75 Å². The molecule has 0 N–H and O–H groups in total. The largest absolute Gasteiger partial charge is 0.492 e. The Labute approximate surface area is 174 Å². The fraction of sp³-hybridized carbons (Fsp3) is 0.435. The molecule has 2 aromatic carbocycles. The van der Waals surface area contributed by atoms with Crippen molar-refractivity contribution in [2.75, 3.05) is 26.2 Å². The summed E-state index contributed by atoms with van der Waals surface area (Å²) in [5, 5.41) is 0.698. The van der Waals surface area contributed by atoms with Gasteiger partial charge in [0.2, 0.25) is 0 Å². The fourth-order valence-electron chi connectivity index (χ4n) is 4.13. The Hall–Kier alpha value is -1.78. The first-order valence-corrected chi connectivity index (χ1v) is 10.3. The van der Waals surface area contributed by atoms with Gasteiger partial charge >= 0.3 is 0 Å². The molecule has 1 fully saturated rings. The van der Waals surface area contributed by atoms with Crippen LogP contribution in [-0.4, -0.2) is 44.2 Å². The van der Waals surface area contributed by atoms with Crippen LogP contribution in [-0.2, 0) is 10.2 Å². The molecule has 1 aliphatic rings. The molecule has 0 unspecified atom stereocenters. The Morgan fingerprint density at radius 2 is 1.86 bits per heavy atom. The number of likely N-dealkylation sites (tertiary alicyclic amines) is 1. The number of aryl methyl sites for hydroxylation is 1. The summed E-state index contributed by atoms with van der Waals surface area (Å²) in [6.07, 6.45) is 1.65. The van der Waals surface area contributed by atoms with Gasteiger partial charge in [0.05, 0.1) is 5.41 Å². The number of hydrogen-bond donors (Lipinski definition) is 0. The van der Waals surface area contributed by atoms with E-state index in [4.69, 9.17) is 16.3 Å². The normalized spacial score (nSPS) is 16.6. The summed E-state index contributed by atoms with van der Waals surface area (Å²) in [6.45, 7) is 9.10. The van der Waals surface area contributed by atoms with Gasteiger partial charge in [-0.2, -0.15) is 0 Å². The molecule has 1 aliphatic heterocycles. The van der Waals surface area contributed by atoms with E-state index in [1.165, 1.54) is 5.46 Å². The number of piperidine rings is 1. The van der Waals surface area contributed by atoms with Crippen molar-refractivity contribution in [1.82, 2.24) is 4.90 Å². The Kier molecular flexibility index (Phi) is 6.84. The number of carbonyl (C=O) groups excluding carboxylic acids is 1. The summed E-state index contributed by atoms with van der Waals surface area (Å²) < 4.78 is 5.89. The average Bonchev–Trinajstić information content (AvgIpc) is 2.71. The quantitative estimate of drug-likeness (QED) is 0.662. The molecule has 1 radical (unpaired) electrons. The Balaban J connectivity index is 1.58. The van der Waals surface area contributed by atoms with Crippen LogP contribution in [0.15, 0.2) is 42.5 Å². The first-order valence-electron chi connectivity index (χ1n) is 9.97. The van der Waals surface area contributed by atoms with Crippen molar-refractivity contribution in [3.05, 3.63) is 58.6 Å². The molecular weight excluding hydrogens is 369 g/mol. The molecule has 0 aromatic heterocycles. The summed E-state index contributed by atoms with van der Waals surface area (Å²) in [4.78, 5) is 15.0. The minimum Gasteiger partial charge on any atom is -0.492 e. The Bertz CT molecular complexity index is 814. The van der Waals surface area contributed by atoms with Gasteiger partial charge in [-0.05, 0) is 75.2 Å². The van der Waals surface area contributed by atoms with Crippen molar-refractivity contribution >= 4 is 30.1 Å². The molecule has 3 rings (SSSR count). The molecule has 1 saturated heterocycles. The molecule has 0 saturated carbocycles. The number of Topliss-reactive ketones (excluding diaryl/α,β-unsaturated/α-hetero) is 1. The van der Waals surface area contributed by atoms with Crippen molar-refractivity contribution < 1.29 is 9.53 Å². The van der Waals surface area contributed by atoms with Gasteiger partial charge in [0.1, 0.15) is 25.4 Å². The average molecular weight is 397 g/mol. The zero-order valence-corrected chi connectivity index (χ0v) is 17.8. The van der Waals surface area contributed by atoms with E-state index in [0.717, 1.165) is 49.4 Å². The summed E-state index contributed by atoms with van der Waals surface area (Å²) >= 11 is 6.24. The zero-order chi connectivity index (χ0) is 20.1.